The fraction of sp³-hybridized carbons (Fsp3) is 0.833. The highest BCUT2D eigenvalue weighted by Gasteiger charge is 2.56. The molecule has 1 N–H and O–H groups in total. The van der Waals surface area contributed by atoms with Crippen molar-refractivity contribution >= 4 is 5.78 Å². The number of fused-ring (bicyclic) bond motifs is 1. The summed E-state index contributed by atoms with van der Waals surface area (Å²) in [6.45, 7) is -0.633. The summed E-state index contributed by atoms with van der Waals surface area (Å²) in [5.41, 5.74) is 0. The van der Waals surface area contributed by atoms with Crippen molar-refractivity contribution in [2.24, 2.45) is 0 Å². The van der Waals surface area contributed by atoms with E-state index in [1.54, 1.807) is 0 Å². The maximum atomic E-state index is 12.7. The third kappa shape index (κ3) is 0.877. The molecular weight excluding hydrogens is 156 g/mol. The number of hydrogen-bond acceptors (Lipinski definition) is 3. The van der Waals surface area contributed by atoms with E-state index in [1.165, 1.54) is 0 Å². The van der Waals surface area contributed by atoms with Gasteiger partial charge in [-0.25, -0.2) is 8.78 Å². The molecule has 5 heteroatoms. The molecule has 0 spiro atoms. The largest absolute Gasteiger partial charge is 0.362 e. The second-order valence-corrected chi connectivity index (χ2v) is 2.82. The van der Waals surface area contributed by atoms with E-state index < -0.39 is 24.6 Å². The van der Waals surface area contributed by atoms with Gasteiger partial charge in [-0.1, -0.05) is 0 Å². The molecule has 11 heavy (non-hydrogen) atoms. The van der Waals surface area contributed by atoms with Crippen LogP contribution in [0.1, 0.15) is 0 Å². The minimum Gasteiger partial charge on any atom is -0.362 e. The molecular formula is C6H7F2NO2. The molecule has 62 valence electrons. The molecule has 0 aromatic carbocycles. The predicted molar refractivity (Wildman–Crippen MR) is 31.5 cm³/mol. The summed E-state index contributed by atoms with van der Waals surface area (Å²) in [7, 11) is 0. The van der Waals surface area contributed by atoms with Gasteiger partial charge in [0.05, 0.1) is 6.54 Å². The van der Waals surface area contributed by atoms with Crippen LogP contribution in [0, 0.1) is 0 Å². The molecule has 0 radical (unpaired) electrons. The molecule has 0 aliphatic carbocycles. The van der Waals surface area contributed by atoms with E-state index in [1.807, 2.05) is 0 Å². The zero-order valence-corrected chi connectivity index (χ0v) is 5.64. The topological polar surface area (TPSA) is 38.3 Å². The summed E-state index contributed by atoms with van der Waals surface area (Å²) in [6.07, 6.45) is -1.23. The van der Waals surface area contributed by atoms with Crippen molar-refractivity contribution in [2.75, 3.05) is 13.2 Å². The standard InChI is InChI=1S/C6H7F2NO2/c7-6(8)2-9-4-3(10)1-11-5(4)6/h4-5,9H,1-2H2/t4-,5+/m1/s1. The fourth-order valence-corrected chi connectivity index (χ4v) is 1.46. The summed E-state index contributed by atoms with van der Waals surface area (Å²) in [6, 6.07) is -0.773. The zero-order chi connectivity index (χ0) is 8.06. The summed E-state index contributed by atoms with van der Waals surface area (Å²) < 4.78 is 30.1. The Labute approximate surface area is 61.7 Å². The van der Waals surface area contributed by atoms with E-state index in [0.29, 0.717) is 0 Å². The Morgan fingerprint density at radius 3 is 3.00 bits per heavy atom. The maximum Gasteiger partial charge on any atom is 0.287 e. The second kappa shape index (κ2) is 1.98. The number of ether oxygens (including phenoxy) is 1. The predicted octanol–water partition coefficient (Wildman–Crippen LogP) is -0.439. The van der Waals surface area contributed by atoms with Gasteiger partial charge >= 0.3 is 0 Å². The van der Waals surface area contributed by atoms with Crippen LogP contribution in [0.4, 0.5) is 8.78 Å². The summed E-state index contributed by atoms with van der Waals surface area (Å²) >= 11 is 0. The molecule has 0 unspecified atom stereocenters. The number of ketones is 1. The first-order valence-corrected chi connectivity index (χ1v) is 3.37. The number of hydrogen-bond donors (Lipinski definition) is 1. The Morgan fingerprint density at radius 1 is 1.64 bits per heavy atom. The Morgan fingerprint density at radius 2 is 2.36 bits per heavy atom. The van der Waals surface area contributed by atoms with E-state index >= 15 is 0 Å². The number of alkyl halides is 2. The van der Waals surface area contributed by atoms with Gasteiger partial charge < -0.3 is 4.74 Å². The summed E-state index contributed by atoms with van der Waals surface area (Å²) in [4.78, 5) is 10.8. The van der Waals surface area contributed by atoms with Crippen molar-refractivity contribution in [2.45, 2.75) is 18.1 Å². The van der Waals surface area contributed by atoms with Gasteiger partial charge in [0.2, 0.25) is 0 Å². The highest BCUT2D eigenvalue weighted by atomic mass is 19.3. The smallest absolute Gasteiger partial charge is 0.287 e. The van der Waals surface area contributed by atoms with Crippen molar-refractivity contribution < 1.29 is 18.3 Å². The number of carbonyl (C=O) groups excluding carboxylic acids is 1. The Bertz CT molecular complexity index is 207. The molecule has 0 saturated carbocycles. The van der Waals surface area contributed by atoms with Crippen LogP contribution in [0.2, 0.25) is 0 Å². The first kappa shape index (κ1) is 7.12. The Kier molecular flexibility index (Phi) is 1.28. The first-order chi connectivity index (χ1) is 5.11. The lowest BCUT2D eigenvalue weighted by Crippen LogP contribution is -2.36. The number of nitrogens with one attached hydrogen (secondary N) is 1. The monoisotopic (exact) mass is 163 g/mol. The number of Topliss-reactive ketones (excluding diaryl/α,β-unsaturated/α-hetero) is 1. The molecule has 2 saturated heterocycles. The SMILES string of the molecule is O=C1CO[C@H]2[C@@H]1NCC2(F)F. The van der Waals surface area contributed by atoms with Gasteiger partial charge in [0.25, 0.3) is 5.92 Å². The summed E-state index contributed by atoms with van der Waals surface area (Å²) in [5, 5.41) is 2.43. The van der Waals surface area contributed by atoms with Gasteiger partial charge in [-0.2, -0.15) is 0 Å². The molecule has 2 aliphatic heterocycles. The molecule has 0 bridgehead atoms. The highest BCUT2D eigenvalue weighted by molar-refractivity contribution is 5.88. The van der Waals surface area contributed by atoms with Crippen molar-refractivity contribution in [3.8, 4) is 0 Å². The van der Waals surface area contributed by atoms with Gasteiger partial charge in [-0.15, -0.1) is 0 Å². The maximum absolute atomic E-state index is 12.7. The van der Waals surface area contributed by atoms with Crippen LogP contribution in [0.5, 0.6) is 0 Å². The van der Waals surface area contributed by atoms with Crippen LogP contribution in [0.25, 0.3) is 0 Å². The van der Waals surface area contributed by atoms with Crippen LogP contribution in [0.15, 0.2) is 0 Å². The molecule has 2 rings (SSSR count). The third-order valence-corrected chi connectivity index (χ3v) is 2.03. The van der Waals surface area contributed by atoms with E-state index in [9.17, 15) is 13.6 Å². The molecule has 2 aliphatic rings. The molecule has 3 nitrogen and oxygen atoms in total. The van der Waals surface area contributed by atoms with Crippen molar-refractivity contribution in [1.29, 1.82) is 0 Å². The van der Waals surface area contributed by atoms with E-state index in [4.69, 9.17) is 0 Å². The van der Waals surface area contributed by atoms with Crippen LogP contribution in [0.3, 0.4) is 0 Å². The number of carbonyl (C=O) groups is 1. The van der Waals surface area contributed by atoms with Crippen LogP contribution in [-0.4, -0.2) is 37.0 Å². The van der Waals surface area contributed by atoms with Gasteiger partial charge in [0.15, 0.2) is 5.78 Å². The molecule has 0 aromatic rings. The van der Waals surface area contributed by atoms with Crippen LogP contribution >= 0.6 is 0 Å². The minimum atomic E-state index is -2.88. The lowest BCUT2D eigenvalue weighted by molar-refractivity contribution is -0.119. The van der Waals surface area contributed by atoms with Crippen molar-refractivity contribution in [3.63, 3.8) is 0 Å². The Hall–Kier alpha value is -0.550. The minimum absolute atomic E-state index is 0.183. The van der Waals surface area contributed by atoms with Gasteiger partial charge in [0.1, 0.15) is 18.8 Å². The van der Waals surface area contributed by atoms with Crippen LogP contribution in [-0.2, 0) is 9.53 Å². The van der Waals surface area contributed by atoms with Crippen molar-refractivity contribution in [3.05, 3.63) is 0 Å². The lowest BCUT2D eigenvalue weighted by atomic mass is 10.1. The quantitative estimate of drug-likeness (QED) is 0.526. The van der Waals surface area contributed by atoms with Crippen LogP contribution < -0.4 is 5.32 Å². The fourth-order valence-electron chi connectivity index (χ4n) is 1.46. The first-order valence-electron chi connectivity index (χ1n) is 3.37. The third-order valence-electron chi connectivity index (χ3n) is 2.03. The van der Waals surface area contributed by atoms with E-state index in [2.05, 4.69) is 10.1 Å². The number of halogens is 2. The molecule has 0 amide bonds. The normalized spacial score (nSPS) is 41.1. The van der Waals surface area contributed by atoms with Crippen molar-refractivity contribution in [1.82, 2.24) is 5.32 Å². The molecule has 0 aromatic heterocycles. The van der Waals surface area contributed by atoms with E-state index in [0.717, 1.165) is 0 Å². The highest BCUT2D eigenvalue weighted by Crippen LogP contribution is 2.32. The second-order valence-electron chi connectivity index (χ2n) is 2.82. The zero-order valence-electron chi connectivity index (χ0n) is 5.64. The lowest BCUT2D eigenvalue weighted by Gasteiger charge is -2.14. The Balaban J connectivity index is 2.23. The summed E-state index contributed by atoms with van der Waals surface area (Å²) in [5.74, 6) is -3.15. The molecule has 2 heterocycles. The molecule has 2 fully saturated rings. The van der Waals surface area contributed by atoms with Gasteiger partial charge in [-0.3, -0.25) is 10.1 Å². The molecule has 2 atom stereocenters. The van der Waals surface area contributed by atoms with Gasteiger partial charge in [0, 0.05) is 0 Å². The number of rotatable bonds is 0. The van der Waals surface area contributed by atoms with E-state index in [-0.39, 0.29) is 12.4 Å². The average Bonchev–Trinajstić information content (AvgIpc) is 2.39. The van der Waals surface area contributed by atoms with Gasteiger partial charge in [-0.05, 0) is 0 Å². The average molecular weight is 163 g/mol.